The highest BCUT2D eigenvalue weighted by molar-refractivity contribution is 6.30. The van der Waals surface area contributed by atoms with Gasteiger partial charge in [0.2, 0.25) is 0 Å². The first-order valence-corrected chi connectivity index (χ1v) is 8.08. The zero-order valence-electron chi connectivity index (χ0n) is 12.7. The van der Waals surface area contributed by atoms with Crippen molar-refractivity contribution in [3.8, 4) is 0 Å². The Kier molecular flexibility index (Phi) is 3.58. The minimum absolute atomic E-state index is 0.0715. The molecule has 0 aliphatic heterocycles. The van der Waals surface area contributed by atoms with Crippen LogP contribution in [0.4, 0.5) is 11.4 Å². The zero-order valence-corrected chi connectivity index (χ0v) is 13.5. The number of hydrogen-bond acceptors (Lipinski definition) is 4. The second-order valence-electron chi connectivity index (χ2n) is 5.87. The summed E-state index contributed by atoms with van der Waals surface area (Å²) in [5.41, 5.74) is 3.97. The van der Waals surface area contributed by atoms with E-state index in [4.69, 9.17) is 11.6 Å². The number of hydrogen-bond donors (Lipinski definition) is 1. The molecule has 3 aromatic rings. The van der Waals surface area contributed by atoms with Crippen molar-refractivity contribution in [1.82, 2.24) is 4.98 Å². The van der Waals surface area contributed by atoms with E-state index in [1.54, 1.807) is 24.4 Å². The van der Waals surface area contributed by atoms with Gasteiger partial charge < -0.3 is 5.32 Å². The lowest BCUT2D eigenvalue weighted by molar-refractivity contribution is -0.383. The van der Waals surface area contributed by atoms with Crippen LogP contribution in [0.1, 0.15) is 23.6 Å². The van der Waals surface area contributed by atoms with Gasteiger partial charge >= 0.3 is 0 Å². The van der Waals surface area contributed by atoms with Gasteiger partial charge in [-0.1, -0.05) is 17.7 Å². The Bertz CT molecular complexity index is 958. The van der Waals surface area contributed by atoms with Crippen molar-refractivity contribution in [2.45, 2.75) is 18.9 Å². The molecule has 1 aromatic heterocycles. The fourth-order valence-corrected chi connectivity index (χ4v) is 3.55. The number of aryl methyl sites for hydroxylation is 1. The predicted octanol–water partition coefficient (Wildman–Crippen LogP) is 4.90. The van der Waals surface area contributed by atoms with E-state index in [9.17, 15) is 10.1 Å². The Balaban J connectivity index is 1.75. The van der Waals surface area contributed by atoms with Crippen molar-refractivity contribution >= 4 is 33.9 Å². The number of benzene rings is 2. The molecule has 6 heteroatoms. The van der Waals surface area contributed by atoms with Gasteiger partial charge in [0.05, 0.1) is 22.0 Å². The molecular formula is C18H14ClN3O2. The van der Waals surface area contributed by atoms with Crippen LogP contribution in [-0.4, -0.2) is 9.91 Å². The van der Waals surface area contributed by atoms with E-state index < -0.39 is 0 Å². The van der Waals surface area contributed by atoms with Crippen LogP contribution >= 0.6 is 11.6 Å². The van der Waals surface area contributed by atoms with Gasteiger partial charge in [-0.2, -0.15) is 0 Å². The number of pyridine rings is 1. The van der Waals surface area contributed by atoms with Gasteiger partial charge in [-0.15, -0.1) is 0 Å². The molecule has 4 rings (SSSR count). The molecule has 5 nitrogen and oxygen atoms in total. The third-order valence-corrected chi connectivity index (χ3v) is 4.69. The molecule has 0 saturated heterocycles. The maximum absolute atomic E-state index is 11.2. The number of non-ortho nitro benzene ring substituents is 1. The first kappa shape index (κ1) is 14.9. The molecule has 0 saturated carbocycles. The lowest BCUT2D eigenvalue weighted by Crippen LogP contribution is -2.08. The van der Waals surface area contributed by atoms with E-state index in [1.807, 2.05) is 18.2 Å². The summed E-state index contributed by atoms with van der Waals surface area (Å²) in [4.78, 5) is 15.2. The van der Waals surface area contributed by atoms with Crippen molar-refractivity contribution in [2.75, 3.05) is 5.32 Å². The Morgan fingerprint density at radius 1 is 1.25 bits per heavy atom. The van der Waals surface area contributed by atoms with Crippen LogP contribution in [0.3, 0.4) is 0 Å². The Morgan fingerprint density at radius 3 is 2.96 bits per heavy atom. The third kappa shape index (κ3) is 2.47. The summed E-state index contributed by atoms with van der Waals surface area (Å²) < 4.78 is 0. The fourth-order valence-electron chi connectivity index (χ4n) is 3.36. The average molecular weight is 340 g/mol. The zero-order chi connectivity index (χ0) is 16.7. The molecule has 0 bridgehead atoms. The smallest absolute Gasteiger partial charge is 0.278 e. The predicted molar refractivity (Wildman–Crippen MR) is 94.5 cm³/mol. The molecule has 2 aromatic carbocycles. The molecule has 1 aliphatic rings. The summed E-state index contributed by atoms with van der Waals surface area (Å²) in [5.74, 6) is 0. The molecule has 1 N–H and O–H groups in total. The highest BCUT2D eigenvalue weighted by Gasteiger charge is 2.24. The molecule has 0 spiro atoms. The number of rotatable bonds is 3. The minimum Gasteiger partial charge on any atom is -0.376 e. The van der Waals surface area contributed by atoms with E-state index >= 15 is 0 Å². The molecule has 120 valence electrons. The lowest BCUT2D eigenvalue weighted by atomic mass is 10.1. The normalized spacial score (nSPS) is 16.1. The van der Waals surface area contributed by atoms with Crippen molar-refractivity contribution < 1.29 is 4.92 Å². The maximum Gasteiger partial charge on any atom is 0.278 e. The van der Waals surface area contributed by atoms with Crippen molar-refractivity contribution in [1.29, 1.82) is 0 Å². The van der Waals surface area contributed by atoms with E-state index in [1.165, 1.54) is 17.2 Å². The van der Waals surface area contributed by atoms with Crippen LogP contribution in [0.2, 0.25) is 5.02 Å². The van der Waals surface area contributed by atoms with Crippen LogP contribution in [-0.2, 0) is 6.42 Å². The molecule has 0 amide bonds. The monoisotopic (exact) mass is 339 g/mol. The first-order valence-electron chi connectivity index (χ1n) is 7.70. The summed E-state index contributed by atoms with van der Waals surface area (Å²) in [7, 11) is 0. The number of nitro groups is 1. The summed E-state index contributed by atoms with van der Waals surface area (Å²) >= 11 is 6.06. The molecule has 24 heavy (non-hydrogen) atoms. The van der Waals surface area contributed by atoms with Crippen molar-refractivity contribution in [3.63, 3.8) is 0 Å². The average Bonchev–Trinajstić information content (AvgIpc) is 2.97. The lowest BCUT2D eigenvalue weighted by Gasteiger charge is -2.17. The second kappa shape index (κ2) is 5.76. The van der Waals surface area contributed by atoms with Crippen LogP contribution in [0.25, 0.3) is 10.9 Å². The first-order chi connectivity index (χ1) is 11.6. The third-order valence-electron chi connectivity index (χ3n) is 4.46. The second-order valence-corrected chi connectivity index (χ2v) is 6.30. The number of nitrogens with zero attached hydrogens (tertiary/aromatic N) is 2. The highest BCUT2D eigenvalue weighted by Crippen LogP contribution is 2.37. The van der Waals surface area contributed by atoms with Crippen LogP contribution in [0.5, 0.6) is 0 Å². The van der Waals surface area contributed by atoms with Gasteiger partial charge in [-0.25, -0.2) is 0 Å². The number of fused-ring (bicyclic) bond motifs is 2. The molecule has 0 fully saturated rings. The van der Waals surface area contributed by atoms with Gasteiger partial charge in [-0.3, -0.25) is 15.1 Å². The summed E-state index contributed by atoms with van der Waals surface area (Å²) in [5, 5.41) is 16.0. The number of anilines is 1. The topological polar surface area (TPSA) is 68.1 Å². The maximum atomic E-state index is 11.2. The molecule has 1 aliphatic carbocycles. The Morgan fingerprint density at radius 2 is 2.12 bits per heavy atom. The minimum atomic E-state index is -0.374. The Labute approximate surface area is 143 Å². The van der Waals surface area contributed by atoms with Gasteiger partial charge in [0.15, 0.2) is 0 Å². The van der Waals surface area contributed by atoms with E-state index in [0.717, 1.165) is 23.6 Å². The van der Waals surface area contributed by atoms with Gasteiger partial charge in [0.25, 0.3) is 5.69 Å². The van der Waals surface area contributed by atoms with E-state index in [-0.39, 0.29) is 16.7 Å². The highest BCUT2D eigenvalue weighted by atomic mass is 35.5. The fraction of sp³-hybridized carbons (Fsp3) is 0.167. The van der Waals surface area contributed by atoms with Crippen molar-refractivity contribution in [3.05, 3.63) is 74.9 Å². The molecule has 0 unspecified atom stereocenters. The van der Waals surface area contributed by atoms with Gasteiger partial charge in [0, 0.05) is 17.3 Å². The summed E-state index contributed by atoms with van der Waals surface area (Å²) in [6.07, 6.45) is 3.58. The van der Waals surface area contributed by atoms with Crippen LogP contribution in [0.15, 0.2) is 48.7 Å². The number of nitrogens with one attached hydrogen (secondary N) is 1. The van der Waals surface area contributed by atoms with E-state index in [0.29, 0.717) is 10.9 Å². The molecule has 1 atom stereocenters. The standard InChI is InChI=1S/C18H14ClN3O2/c19-12-4-5-13-11(10-12)3-6-15(13)21-16-7-8-17(22(23)24)14-2-1-9-20-18(14)16/h1-2,4-5,7-10,15,21H,3,6H2/t15-/m0/s1. The molecular weight excluding hydrogens is 326 g/mol. The van der Waals surface area contributed by atoms with Gasteiger partial charge in [0.1, 0.15) is 5.52 Å². The van der Waals surface area contributed by atoms with Crippen LogP contribution in [0, 0.1) is 10.1 Å². The SMILES string of the molecule is O=[N+]([O-])c1ccc(N[C@H]2CCc3cc(Cl)ccc32)c2ncccc12. The Hall–Kier alpha value is -2.66. The molecule has 1 heterocycles. The summed E-state index contributed by atoms with van der Waals surface area (Å²) in [6.45, 7) is 0. The van der Waals surface area contributed by atoms with Crippen LogP contribution < -0.4 is 5.32 Å². The van der Waals surface area contributed by atoms with Gasteiger partial charge in [-0.05, 0) is 54.3 Å². The number of nitro benzene ring substituents is 1. The largest absolute Gasteiger partial charge is 0.376 e. The van der Waals surface area contributed by atoms with Crippen molar-refractivity contribution in [2.24, 2.45) is 0 Å². The summed E-state index contributed by atoms with van der Waals surface area (Å²) in [6, 6.07) is 12.8. The molecule has 0 radical (unpaired) electrons. The van der Waals surface area contributed by atoms with E-state index in [2.05, 4.69) is 10.3 Å². The quantitative estimate of drug-likeness (QED) is 0.544. The number of halogens is 1. The number of aromatic nitrogens is 1.